The van der Waals surface area contributed by atoms with E-state index in [0.717, 1.165) is 12.1 Å². The largest absolute Gasteiger partial charge is 0.478 e. The average Bonchev–Trinajstić information content (AvgIpc) is 2.83. The Balaban J connectivity index is 2.54. The molecule has 0 amide bonds. The fourth-order valence-corrected chi connectivity index (χ4v) is 3.72. The van der Waals surface area contributed by atoms with Crippen LogP contribution in [0.3, 0.4) is 0 Å². The molecule has 6 nitrogen and oxygen atoms in total. The molecule has 1 N–H and O–H groups in total. The summed E-state index contributed by atoms with van der Waals surface area (Å²) in [6.07, 6.45) is 1.30. The molecule has 0 bridgehead atoms. The highest BCUT2D eigenvalue weighted by atomic mass is 35.5. The van der Waals surface area contributed by atoms with Crippen molar-refractivity contribution in [2.45, 2.75) is 10.6 Å². The van der Waals surface area contributed by atoms with Crippen LogP contribution in [0.4, 0.5) is 0 Å². The van der Waals surface area contributed by atoms with Crippen LogP contribution in [-0.2, 0) is 15.6 Å². The van der Waals surface area contributed by atoms with Gasteiger partial charge in [-0.05, 0) is 12.1 Å². The van der Waals surface area contributed by atoms with Crippen LogP contribution in [-0.4, -0.2) is 24.7 Å². The van der Waals surface area contributed by atoms with Crippen molar-refractivity contribution in [3.05, 3.63) is 45.8 Å². The number of aromatic carboxylic acids is 1. The fraction of sp³-hybridized carbons (Fsp3) is 0.0909. The molecule has 0 saturated carbocycles. The van der Waals surface area contributed by atoms with Crippen molar-refractivity contribution >= 4 is 39.0 Å². The number of carboxylic acids is 1. The molecule has 106 valence electrons. The summed E-state index contributed by atoms with van der Waals surface area (Å²) in [5, 5.41) is 11.9. The lowest BCUT2D eigenvalue weighted by Crippen LogP contribution is -2.08. The number of benzene rings is 1. The van der Waals surface area contributed by atoms with Gasteiger partial charge in [0.25, 0.3) is 0 Å². The zero-order valence-electron chi connectivity index (χ0n) is 9.71. The number of aromatic nitrogens is 1. The first kappa shape index (κ1) is 14.8. The van der Waals surface area contributed by atoms with Crippen LogP contribution >= 0.6 is 23.2 Å². The maximum Gasteiger partial charge on any atom is 0.337 e. The first-order valence-electron chi connectivity index (χ1n) is 5.16. The van der Waals surface area contributed by atoms with E-state index in [9.17, 15) is 13.2 Å². The first-order valence-corrected chi connectivity index (χ1v) is 7.57. The van der Waals surface area contributed by atoms with E-state index in [-0.39, 0.29) is 26.3 Å². The van der Waals surface area contributed by atoms with Gasteiger partial charge in [-0.25, -0.2) is 13.2 Å². The van der Waals surface area contributed by atoms with Crippen LogP contribution < -0.4 is 0 Å². The summed E-state index contributed by atoms with van der Waals surface area (Å²) in [5.41, 5.74) is -0.379. The highest BCUT2D eigenvalue weighted by molar-refractivity contribution is 7.90. The highest BCUT2D eigenvalue weighted by Gasteiger charge is 2.25. The number of halogens is 2. The van der Waals surface area contributed by atoms with Crippen molar-refractivity contribution in [2.75, 3.05) is 0 Å². The number of carbonyl (C=O) groups is 1. The third kappa shape index (κ3) is 2.95. The molecule has 0 radical (unpaired) electrons. The van der Waals surface area contributed by atoms with Crippen LogP contribution in [0.25, 0.3) is 0 Å². The zero-order chi connectivity index (χ0) is 14.9. The number of sulfone groups is 1. The van der Waals surface area contributed by atoms with E-state index >= 15 is 0 Å². The standard InChI is InChI=1S/C11H7Cl2NO5S/c12-6-3-8(11(15)16)10(13)9(4-6)20(17,18)5-7-1-2-14-19-7/h1-4H,5H2,(H,15,16). The summed E-state index contributed by atoms with van der Waals surface area (Å²) in [4.78, 5) is 10.6. The number of carboxylic acid groups (broad SMARTS) is 1. The predicted octanol–water partition coefficient (Wildman–Crippen LogP) is 2.65. The van der Waals surface area contributed by atoms with Crippen molar-refractivity contribution in [3.63, 3.8) is 0 Å². The number of rotatable bonds is 4. The molecule has 0 unspecified atom stereocenters. The summed E-state index contributed by atoms with van der Waals surface area (Å²) in [6, 6.07) is 3.57. The van der Waals surface area contributed by atoms with Gasteiger partial charge in [-0.3, -0.25) is 0 Å². The maximum atomic E-state index is 12.2. The minimum absolute atomic E-state index is 0.0389. The molecule has 2 rings (SSSR count). The molecular weight excluding hydrogens is 329 g/mol. The monoisotopic (exact) mass is 335 g/mol. The quantitative estimate of drug-likeness (QED) is 0.922. The third-order valence-electron chi connectivity index (χ3n) is 2.39. The zero-order valence-corrected chi connectivity index (χ0v) is 12.0. The van der Waals surface area contributed by atoms with Crippen molar-refractivity contribution in [2.24, 2.45) is 0 Å². The highest BCUT2D eigenvalue weighted by Crippen LogP contribution is 2.31. The smallest absolute Gasteiger partial charge is 0.337 e. The Hall–Kier alpha value is -1.57. The molecule has 1 heterocycles. The van der Waals surface area contributed by atoms with E-state index in [2.05, 4.69) is 5.16 Å². The van der Waals surface area contributed by atoms with Gasteiger partial charge in [0.05, 0.1) is 21.7 Å². The van der Waals surface area contributed by atoms with E-state index in [1.54, 1.807) is 0 Å². The molecule has 0 aliphatic heterocycles. The summed E-state index contributed by atoms with van der Waals surface area (Å²) >= 11 is 11.6. The topological polar surface area (TPSA) is 97.5 Å². The molecule has 1 aromatic carbocycles. The molecule has 9 heteroatoms. The second-order valence-electron chi connectivity index (χ2n) is 3.81. The van der Waals surface area contributed by atoms with Gasteiger partial charge < -0.3 is 9.63 Å². The van der Waals surface area contributed by atoms with E-state index in [1.807, 2.05) is 0 Å². The molecule has 1 aromatic heterocycles. The average molecular weight is 336 g/mol. The van der Waals surface area contributed by atoms with E-state index in [0.29, 0.717) is 0 Å². The van der Waals surface area contributed by atoms with Gasteiger partial charge in [-0.15, -0.1) is 0 Å². The van der Waals surface area contributed by atoms with Gasteiger partial charge in [0, 0.05) is 11.1 Å². The second kappa shape index (κ2) is 5.43. The van der Waals surface area contributed by atoms with Crippen LogP contribution in [0.1, 0.15) is 16.1 Å². The summed E-state index contributed by atoms with van der Waals surface area (Å²) in [6.45, 7) is 0. The van der Waals surface area contributed by atoms with Crippen LogP contribution in [0.2, 0.25) is 10.0 Å². The summed E-state index contributed by atoms with van der Waals surface area (Å²) < 4.78 is 29.2. The van der Waals surface area contributed by atoms with Crippen molar-refractivity contribution < 1.29 is 22.8 Å². The third-order valence-corrected chi connectivity index (χ3v) is 4.79. The lowest BCUT2D eigenvalue weighted by molar-refractivity contribution is 0.0697. The van der Waals surface area contributed by atoms with Crippen molar-refractivity contribution in [1.82, 2.24) is 5.16 Å². The molecule has 0 fully saturated rings. The Morgan fingerprint density at radius 2 is 2.05 bits per heavy atom. The Morgan fingerprint density at radius 1 is 1.35 bits per heavy atom. The lowest BCUT2D eigenvalue weighted by Gasteiger charge is -2.08. The molecule has 0 spiro atoms. The SMILES string of the molecule is O=C(O)c1cc(Cl)cc(S(=O)(=O)Cc2ccno2)c1Cl. The van der Waals surface area contributed by atoms with E-state index in [4.69, 9.17) is 32.8 Å². The fourth-order valence-electron chi connectivity index (χ4n) is 1.53. The lowest BCUT2D eigenvalue weighted by atomic mass is 10.2. The molecule has 0 aliphatic rings. The minimum atomic E-state index is -3.91. The Labute approximate surface area is 123 Å². The van der Waals surface area contributed by atoms with Gasteiger partial charge >= 0.3 is 5.97 Å². The number of hydrogen-bond acceptors (Lipinski definition) is 5. The van der Waals surface area contributed by atoms with Gasteiger partial charge in [-0.2, -0.15) is 0 Å². The minimum Gasteiger partial charge on any atom is -0.478 e. The molecule has 20 heavy (non-hydrogen) atoms. The number of nitrogens with zero attached hydrogens (tertiary/aromatic N) is 1. The van der Waals surface area contributed by atoms with Crippen LogP contribution in [0.15, 0.2) is 33.8 Å². The van der Waals surface area contributed by atoms with Gasteiger partial charge in [0.1, 0.15) is 5.75 Å². The second-order valence-corrected chi connectivity index (χ2v) is 6.58. The van der Waals surface area contributed by atoms with E-state index in [1.165, 1.54) is 12.3 Å². The molecule has 0 aliphatic carbocycles. The molecule has 0 atom stereocenters. The van der Waals surface area contributed by atoms with Crippen molar-refractivity contribution in [1.29, 1.82) is 0 Å². The van der Waals surface area contributed by atoms with Crippen molar-refractivity contribution in [3.8, 4) is 0 Å². The Kier molecular flexibility index (Phi) is 4.03. The number of hydrogen-bond donors (Lipinski definition) is 1. The summed E-state index contributed by atoms with van der Waals surface area (Å²) in [7, 11) is -3.91. The maximum absolute atomic E-state index is 12.2. The Morgan fingerprint density at radius 3 is 2.60 bits per heavy atom. The van der Waals surface area contributed by atoms with Crippen LogP contribution in [0, 0.1) is 0 Å². The van der Waals surface area contributed by atoms with Crippen LogP contribution in [0.5, 0.6) is 0 Å². The van der Waals surface area contributed by atoms with Gasteiger partial charge in [0.2, 0.25) is 0 Å². The van der Waals surface area contributed by atoms with Gasteiger partial charge in [-0.1, -0.05) is 28.4 Å². The van der Waals surface area contributed by atoms with E-state index < -0.39 is 21.6 Å². The predicted molar refractivity (Wildman–Crippen MR) is 70.8 cm³/mol. The molecule has 2 aromatic rings. The first-order chi connectivity index (χ1) is 9.31. The molecule has 0 saturated heterocycles. The molecular formula is C11H7Cl2NO5S. The van der Waals surface area contributed by atoms with Gasteiger partial charge in [0.15, 0.2) is 15.6 Å². The normalized spacial score (nSPS) is 11.5. The summed E-state index contributed by atoms with van der Waals surface area (Å²) in [5.74, 6) is -1.75. The Bertz CT molecular complexity index is 755.